The van der Waals surface area contributed by atoms with Crippen LogP contribution in [-0.4, -0.2) is 20.3 Å². The van der Waals surface area contributed by atoms with Gasteiger partial charge in [-0.05, 0) is 49.6 Å². The van der Waals surface area contributed by atoms with Crippen LogP contribution in [0.5, 0.6) is 0 Å². The smallest absolute Gasteiger partial charge is 0.259 e. The van der Waals surface area contributed by atoms with Gasteiger partial charge in [-0.1, -0.05) is 6.07 Å². The van der Waals surface area contributed by atoms with E-state index in [2.05, 4.69) is 15.3 Å². The molecule has 124 valence electrons. The maximum Gasteiger partial charge on any atom is 0.259 e. The van der Waals surface area contributed by atoms with Crippen LogP contribution < -0.4 is 5.32 Å². The highest BCUT2D eigenvalue weighted by Gasteiger charge is 2.14. The van der Waals surface area contributed by atoms with Gasteiger partial charge in [-0.2, -0.15) is 0 Å². The monoisotopic (exact) mass is 348 g/mol. The molecule has 0 saturated heterocycles. The summed E-state index contributed by atoms with van der Waals surface area (Å²) < 4.78 is 1.92. The van der Waals surface area contributed by atoms with Crippen LogP contribution in [-0.2, 0) is 0 Å². The number of anilines is 1. The Bertz CT molecular complexity index is 1050. The summed E-state index contributed by atoms with van der Waals surface area (Å²) in [6.45, 7) is 3.92. The van der Waals surface area contributed by atoms with E-state index >= 15 is 0 Å². The lowest BCUT2D eigenvalue weighted by molar-refractivity contribution is 0.102. The Hall–Kier alpha value is -2.99. The molecule has 4 aromatic rings. The van der Waals surface area contributed by atoms with Crippen molar-refractivity contribution >= 4 is 28.6 Å². The second-order valence-electron chi connectivity index (χ2n) is 5.83. The van der Waals surface area contributed by atoms with E-state index in [0.29, 0.717) is 16.9 Å². The lowest BCUT2D eigenvalue weighted by Gasteiger charge is -2.06. The van der Waals surface area contributed by atoms with Crippen molar-refractivity contribution in [1.82, 2.24) is 14.4 Å². The van der Waals surface area contributed by atoms with E-state index in [1.807, 2.05) is 60.2 Å². The van der Waals surface area contributed by atoms with Gasteiger partial charge in [0.15, 0.2) is 0 Å². The Balaban J connectivity index is 1.60. The average Bonchev–Trinajstić information content (AvgIpc) is 3.25. The van der Waals surface area contributed by atoms with Crippen molar-refractivity contribution in [1.29, 1.82) is 0 Å². The molecule has 6 heteroatoms. The molecule has 0 unspecified atom stereocenters. The van der Waals surface area contributed by atoms with Crippen molar-refractivity contribution in [3.8, 4) is 10.6 Å². The molecule has 25 heavy (non-hydrogen) atoms. The number of thiophene rings is 1. The van der Waals surface area contributed by atoms with Gasteiger partial charge in [0.05, 0.1) is 28.0 Å². The van der Waals surface area contributed by atoms with Crippen molar-refractivity contribution in [3.63, 3.8) is 0 Å². The number of fused-ring (bicyclic) bond motifs is 1. The van der Waals surface area contributed by atoms with Gasteiger partial charge in [-0.15, -0.1) is 11.3 Å². The molecule has 0 aliphatic heterocycles. The van der Waals surface area contributed by atoms with Crippen molar-refractivity contribution in [2.75, 3.05) is 5.32 Å². The summed E-state index contributed by atoms with van der Waals surface area (Å²) >= 11 is 1.64. The number of aromatic nitrogens is 3. The third-order valence-electron chi connectivity index (χ3n) is 3.98. The topological polar surface area (TPSA) is 59.3 Å². The molecule has 1 N–H and O–H groups in total. The Kier molecular flexibility index (Phi) is 3.82. The zero-order valence-electron chi connectivity index (χ0n) is 13.9. The minimum Gasteiger partial charge on any atom is -0.320 e. The molecule has 0 bridgehead atoms. The fraction of sp³-hybridized carbons (Fsp3) is 0.105. The molecule has 0 aromatic carbocycles. The number of pyridine rings is 1. The molecule has 0 aliphatic rings. The molecule has 0 radical (unpaired) electrons. The quantitative estimate of drug-likeness (QED) is 0.599. The van der Waals surface area contributed by atoms with E-state index in [-0.39, 0.29) is 5.91 Å². The number of hydrogen-bond donors (Lipinski definition) is 1. The molecule has 0 atom stereocenters. The first-order chi connectivity index (χ1) is 12.1. The SMILES string of the molecule is Cc1cc(C)n2ccc(C(=O)Nc3ccc(-c4cccs4)nc3)c2n1. The third-order valence-corrected chi connectivity index (χ3v) is 4.87. The maximum atomic E-state index is 12.6. The summed E-state index contributed by atoms with van der Waals surface area (Å²) in [7, 11) is 0. The number of carbonyl (C=O) groups is 1. The number of amides is 1. The highest BCUT2D eigenvalue weighted by atomic mass is 32.1. The van der Waals surface area contributed by atoms with Crippen molar-refractivity contribution in [3.05, 3.63) is 71.1 Å². The number of aryl methyl sites for hydroxylation is 2. The summed E-state index contributed by atoms with van der Waals surface area (Å²) in [5.74, 6) is -0.189. The molecule has 4 heterocycles. The summed E-state index contributed by atoms with van der Waals surface area (Å²) in [6, 6.07) is 11.6. The summed E-state index contributed by atoms with van der Waals surface area (Å²) in [5, 5.41) is 4.91. The van der Waals surface area contributed by atoms with Gasteiger partial charge in [0, 0.05) is 17.6 Å². The lowest BCUT2D eigenvalue weighted by Crippen LogP contribution is -2.12. The van der Waals surface area contributed by atoms with Crippen LogP contribution in [0, 0.1) is 13.8 Å². The van der Waals surface area contributed by atoms with Gasteiger partial charge in [0.25, 0.3) is 5.91 Å². The Morgan fingerprint density at radius 1 is 1.20 bits per heavy atom. The zero-order valence-corrected chi connectivity index (χ0v) is 14.7. The van der Waals surface area contributed by atoms with Gasteiger partial charge in [-0.25, -0.2) is 4.98 Å². The minimum atomic E-state index is -0.189. The van der Waals surface area contributed by atoms with E-state index in [9.17, 15) is 4.79 Å². The fourth-order valence-electron chi connectivity index (χ4n) is 2.81. The van der Waals surface area contributed by atoms with Crippen LogP contribution in [0.25, 0.3) is 16.2 Å². The first-order valence-electron chi connectivity index (χ1n) is 7.88. The van der Waals surface area contributed by atoms with Crippen LogP contribution in [0.2, 0.25) is 0 Å². The van der Waals surface area contributed by atoms with E-state index in [1.54, 1.807) is 23.6 Å². The number of nitrogens with zero attached hydrogens (tertiary/aromatic N) is 3. The van der Waals surface area contributed by atoms with Crippen molar-refractivity contribution in [2.45, 2.75) is 13.8 Å². The van der Waals surface area contributed by atoms with Crippen LogP contribution in [0.3, 0.4) is 0 Å². The molecule has 0 spiro atoms. The van der Waals surface area contributed by atoms with Crippen LogP contribution in [0.15, 0.2) is 54.2 Å². The molecule has 4 rings (SSSR count). The van der Waals surface area contributed by atoms with Crippen LogP contribution in [0.4, 0.5) is 5.69 Å². The lowest BCUT2D eigenvalue weighted by atomic mass is 10.2. The normalized spacial score (nSPS) is 11.0. The molecular weight excluding hydrogens is 332 g/mol. The standard InChI is InChI=1S/C19H16N4OS/c1-12-10-13(2)23-8-7-15(18(23)21-12)19(24)22-14-5-6-16(20-11-14)17-4-3-9-25-17/h3-11H,1-2H3,(H,22,24). The predicted octanol–water partition coefficient (Wildman–Crippen LogP) is 4.33. The third kappa shape index (κ3) is 2.92. The second kappa shape index (κ2) is 6.14. The number of hydrogen-bond acceptors (Lipinski definition) is 4. The fourth-order valence-corrected chi connectivity index (χ4v) is 3.51. The van der Waals surface area contributed by atoms with E-state index in [1.165, 1.54) is 0 Å². The van der Waals surface area contributed by atoms with Gasteiger partial charge in [0.1, 0.15) is 5.65 Å². The number of nitrogens with one attached hydrogen (secondary N) is 1. The molecule has 1 amide bonds. The maximum absolute atomic E-state index is 12.6. The summed E-state index contributed by atoms with van der Waals surface area (Å²) in [4.78, 5) is 22.7. The molecule has 0 fully saturated rings. The predicted molar refractivity (Wildman–Crippen MR) is 100 cm³/mol. The van der Waals surface area contributed by atoms with E-state index in [0.717, 1.165) is 22.0 Å². The second-order valence-corrected chi connectivity index (χ2v) is 6.77. The van der Waals surface area contributed by atoms with E-state index in [4.69, 9.17) is 0 Å². The highest BCUT2D eigenvalue weighted by Crippen LogP contribution is 2.23. The van der Waals surface area contributed by atoms with E-state index < -0.39 is 0 Å². The number of rotatable bonds is 3. The zero-order chi connectivity index (χ0) is 17.4. The molecule has 5 nitrogen and oxygen atoms in total. The molecule has 4 aromatic heterocycles. The van der Waals surface area contributed by atoms with Crippen LogP contribution >= 0.6 is 11.3 Å². The van der Waals surface area contributed by atoms with Crippen molar-refractivity contribution < 1.29 is 4.79 Å². The molecular formula is C19H16N4OS. The Morgan fingerprint density at radius 3 is 2.80 bits per heavy atom. The molecule has 0 aliphatic carbocycles. The largest absolute Gasteiger partial charge is 0.320 e. The molecule has 0 saturated carbocycles. The van der Waals surface area contributed by atoms with Gasteiger partial charge in [-0.3, -0.25) is 9.78 Å². The number of carbonyl (C=O) groups excluding carboxylic acids is 1. The van der Waals surface area contributed by atoms with Crippen molar-refractivity contribution in [2.24, 2.45) is 0 Å². The average molecular weight is 348 g/mol. The first-order valence-corrected chi connectivity index (χ1v) is 8.76. The minimum absolute atomic E-state index is 0.189. The van der Waals surface area contributed by atoms with Gasteiger partial charge in [0.2, 0.25) is 0 Å². The summed E-state index contributed by atoms with van der Waals surface area (Å²) in [6.07, 6.45) is 3.54. The van der Waals surface area contributed by atoms with Gasteiger partial charge >= 0.3 is 0 Å². The summed E-state index contributed by atoms with van der Waals surface area (Å²) in [5.41, 5.74) is 4.71. The first kappa shape index (κ1) is 15.5. The highest BCUT2D eigenvalue weighted by molar-refractivity contribution is 7.13. The Labute approximate surface area is 149 Å². The Morgan fingerprint density at radius 2 is 2.08 bits per heavy atom. The van der Waals surface area contributed by atoms with Gasteiger partial charge < -0.3 is 9.72 Å². The van der Waals surface area contributed by atoms with Crippen LogP contribution in [0.1, 0.15) is 21.7 Å².